The maximum atomic E-state index is 6.33. The first-order valence-corrected chi connectivity index (χ1v) is 12.3. The van der Waals surface area contributed by atoms with Gasteiger partial charge in [0.15, 0.2) is 11.2 Å². The van der Waals surface area contributed by atoms with Gasteiger partial charge in [-0.1, -0.05) is 36.4 Å². The molecule has 3 fully saturated rings. The van der Waals surface area contributed by atoms with Gasteiger partial charge in [0.2, 0.25) is 5.88 Å². The van der Waals surface area contributed by atoms with Crippen LogP contribution in [-0.4, -0.2) is 49.7 Å². The summed E-state index contributed by atoms with van der Waals surface area (Å²) < 4.78 is 8.47. The number of rotatable bonds is 6. The van der Waals surface area contributed by atoms with Gasteiger partial charge >= 0.3 is 0 Å². The molecular formula is C27H29N5O. The molecule has 2 aromatic heterocycles. The zero-order chi connectivity index (χ0) is 21.8. The molecule has 4 aromatic rings. The molecule has 0 spiro atoms. The Kier molecular flexibility index (Phi) is 4.44. The summed E-state index contributed by atoms with van der Waals surface area (Å²) in [5, 5.41) is 2.72. The number of imidazole rings is 1. The molecule has 168 valence electrons. The van der Waals surface area contributed by atoms with E-state index in [0.717, 1.165) is 17.7 Å². The second-order valence-electron chi connectivity index (χ2n) is 10.1. The molecule has 33 heavy (non-hydrogen) atoms. The van der Waals surface area contributed by atoms with Gasteiger partial charge < -0.3 is 9.30 Å². The molecule has 6 nitrogen and oxygen atoms in total. The molecule has 0 unspecified atom stereocenters. The highest BCUT2D eigenvalue weighted by atomic mass is 16.5. The fourth-order valence-corrected chi connectivity index (χ4v) is 6.24. The van der Waals surface area contributed by atoms with Crippen molar-refractivity contribution >= 4 is 21.9 Å². The van der Waals surface area contributed by atoms with E-state index in [4.69, 9.17) is 9.72 Å². The molecule has 4 heterocycles. The Morgan fingerprint density at radius 3 is 2.61 bits per heavy atom. The molecule has 0 radical (unpaired) electrons. The average Bonchev–Trinajstić information content (AvgIpc) is 3.30. The first-order chi connectivity index (χ1) is 16.3. The molecule has 0 amide bonds. The van der Waals surface area contributed by atoms with Crippen molar-refractivity contribution in [1.29, 1.82) is 0 Å². The highest BCUT2D eigenvalue weighted by Gasteiger charge is 2.45. The van der Waals surface area contributed by atoms with Gasteiger partial charge in [0.05, 0.1) is 18.4 Å². The van der Waals surface area contributed by atoms with Gasteiger partial charge in [-0.3, -0.25) is 4.90 Å². The van der Waals surface area contributed by atoms with E-state index in [2.05, 4.69) is 55.8 Å². The topological polar surface area (TPSA) is 56.1 Å². The normalized spacial score (nSPS) is 20.0. The van der Waals surface area contributed by atoms with Crippen LogP contribution in [0.1, 0.15) is 55.6 Å². The minimum Gasteiger partial charge on any atom is -0.474 e. The predicted octanol–water partition coefficient (Wildman–Crippen LogP) is 4.91. The Morgan fingerprint density at radius 1 is 0.970 bits per heavy atom. The maximum absolute atomic E-state index is 6.33. The summed E-state index contributed by atoms with van der Waals surface area (Å²) in [6.07, 6.45) is 11.1. The first-order valence-electron chi connectivity index (χ1n) is 12.3. The molecule has 2 aromatic carbocycles. The summed E-state index contributed by atoms with van der Waals surface area (Å²) in [4.78, 5) is 16.4. The standard InChI is InChI=1S/C27H29N5O/c1-5-20-6-2-8-22(19-9-10-19)23(20)21(7-1)15-31-18-30-24-25(31)28-17-29-26(24)33-16-27-11-3-13-32(27)14-4-12-27/h1-2,5-8,17-19H,3-4,9-16H2. The van der Waals surface area contributed by atoms with E-state index < -0.39 is 0 Å². The number of hydrogen-bond donors (Lipinski definition) is 0. The van der Waals surface area contributed by atoms with Crippen LogP contribution in [0.2, 0.25) is 0 Å². The molecular weight excluding hydrogens is 410 g/mol. The Morgan fingerprint density at radius 2 is 1.79 bits per heavy atom. The van der Waals surface area contributed by atoms with Gasteiger partial charge in [-0.25, -0.2) is 9.97 Å². The third-order valence-electron chi connectivity index (χ3n) is 8.04. The van der Waals surface area contributed by atoms with Crippen molar-refractivity contribution in [2.24, 2.45) is 0 Å². The van der Waals surface area contributed by atoms with Gasteiger partial charge in [-0.15, -0.1) is 0 Å². The molecule has 1 saturated carbocycles. The molecule has 0 atom stereocenters. The van der Waals surface area contributed by atoms with E-state index in [9.17, 15) is 0 Å². The van der Waals surface area contributed by atoms with Crippen LogP contribution in [0.15, 0.2) is 49.1 Å². The zero-order valence-corrected chi connectivity index (χ0v) is 18.9. The quantitative estimate of drug-likeness (QED) is 0.427. The highest BCUT2D eigenvalue weighted by molar-refractivity contribution is 5.90. The van der Waals surface area contributed by atoms with Gasteiger partial charge in [0.1, 0.15) is 12.9 Å². The minimum absolute atomic E-state index is 0.196. The van der Waals surface area contributed by atoms with Crippen molar-refractivity contribution in [3.8, 4) is 5.88 Å². The zero-order valence-electron chi connectivity index (χ0n) is 18.9. The second-order valence-corrected chi connectivity index (χ2v) is 10.1. The Balaban J connectivity index is 1.21. The van der Waals surface area contributed by atoms with Crippen LogP contribution in [0.5, 0.6) is 5.88 Å². The smallest absolute Gasteiger partial charge is 0.245 e. The van der Waals surface area contributed by atoms with Crippen LogP contribution in [0.3, 0.4) is 0 Å². The van der Waals surface area contributed by atoms with Crippen molar-refractivity contribution in [2.75, 3.05) is 19.7 Å². The minimum atomic E-state index is 0.196. The third kappa shape index (κ3) is 3.22. The number of benzene rings is 2. The van der Waals surface area contributed by atoms with Crippen LogP contribution in [0, 0.1) is 0 Å². The van der Waals surface area contributed by atoms with Crippen molar-refractivity contribution in [3.63, 3.8) is 0 Å². The number of aromatic nitrogens is 4. The summed E-state index contributed by atoms with van der Waals surface area (Å²) in [7, 11) is 0. The Bertz CT molecular complexity index is 1330. The van der Waals surface area contributed by atoms with Crippen molar-refractivity contribution < 1.29 is 4.74 Å². The van der Waals surface area contributed by atoms with Crippen LogP contribution >= 0.6 is 0 Å². The van der Waals surface area contributed by atoms with Crippen LogP contribution in [0.25, 0.3) is 21.9 Å². The summed E-state index contributed by atoms with van der Waals surface area (Å²) in [6, 6.07) is 13.3. The maximum Gasteiger partial charge on any atom is 0.245 e. The van der Waals surface area contributed by atoms with E-state index >= 15 is 0 Å². The molecule has 3 aliphatic rings. The average molecular weight is 440 g/mol. The van der Waals surface area contributed by atoms with Crippen molar-refractivity contribution in [2.45, 2.75) is 56.5 Å². The number of fused-ring (bicyclic) bond motifs is 3. The molecule has 2 saturated heterocycles. The van der Waals surface area contributed by atoms with E-state index in [-0.39, 0.29) is 5.54 Å². The van der Waals surface area contributed by atoms with Gasteiger partial charge in [-0.05, 0) is 79.4 Å². The molecule has 0 N–H and O–H groups in total. The summed E-state index contributed by atoms with van der Waals surface area (Å²) in [6.45, 7) is 3.84. The van der Waals surface area contributed by atoms with E-state index in [0.29, 0.717) is 18.4 Å². The lowest BCUT2D eigenvalue weighted by atomic mass is 9.95. The number of ether oxygens (including phenoxy) is 1. The van der Waals surface area contributed by atoms with Gasteiger partial charge in [0.25, 0.3) is 0 Å². The van der Waals surface area contributed by atoms with Gasteiger partial charge in [-0.2, -0.15) is 4.98 Å². The largest absolute Gasteiger partial charge is 0.474 e. The van der Waals surface area contributed by atoms with E-state index in [1.165, 1.54) is 73.5 Å². The fourth-order valence-electron chi connectivity index (χ4n) is 6.24. The predicted molar refractivity (Wildman–Crippen MR) is 129 cm³/mol. The first kappa shape index (κ1) is 19.5. The van der Waals surface area contributed by atoms with Crippen LogP contribution in [0.4, 0.5) is 0 Å². The lowest BCUT2D eigenvalue weighted by Gasteiger charge is -2.31. The highest BCUT2D eigenvalue weighted by Crippen LogP contribution is 2.44. The van der Waals surface area contributed by atoms with Crippen molar-refractivity contribution in [1.82, 2.24) is 24.4 Å². The van der Waals surface area contributed by atoms with Gasteiger partial charge in [0, 0.05) is 0 Å². The third-order valence-corrected chi connectivity index (χ3v) is 8.04. The second kappa shape index (κ2) is 7.52. The molecule has 7 rings (SSSR count). The Labute approximate surface area is 193 Å². The van der Waals surface area contributed by atoms with Crippen LogP contribution < -0.4 is 4.74 Å². The Hall–Kier alpha value is -2.99. The molecule has 6 heteroatoms. The number of nitrogens with zero attached hydrogens (tertiary/aromatic N) is 5. The molecule has 2 aliphatic heterocycles. The molecule has 0 bridgehead atoms. The molecule has 1 aliphatic carbocycles. The summed E-state index contributed by atoms with van der Waals surface area (Å²) >= 11 is 0. The SMILES string of the molecule is c1cc(Cn2cnc3c(OCC45CCCN4CCC5)ncnc32)c2c(C3CC3)cccc2c1. The van der Waals surface area contributed by atoms with Crippen LogP contribution in [-0.2, 0) is 6.54 Å². The number of hydrogen-bond acceptors (Lipinski definition) is 5. The van der Waals surface area contributed by atoms with Crippen molar-refractivity contribution in [3.05, 3.63) is 60.2 Å². The summed E-state index contributed by atoms with van der Waals surface area (Å²) in [5.41, 5.74) is 4.61. The monoisotopic (exact) mass is 439 g/mol. The lowest BCUT2D eigenvalue weighted by Crippen LogP contribution is -2.43. The van der Waals surface area contributed by atoms with E-state index in [1.54, 1.807) is 6.33 Å². The summed E-state index contributed by atoms with van der Waals surface area (Å²) in [5.74, 6) is 1.32. The van der Waals surface area contributed by atoms with E-state index in [1.807, 2.05) is 6.33 Å². The lowest BCUT2D eigenvalue weighted by molar-refractivity contribution is 0.111. The fraction of sp³-hybridized carbons (Fsp3) is 0.444.